The number of nitrogens with zero attached hydrogens (tertiary/aromatic N) is 2. The molecule has 2 aromatic rings. The van der Waals surface area contributed by atoms with E-state index in [0.717, 1.165) is 4.90 Å². The van der Waals surface area contributed by atoms with Crippen LogP contribution < -0.4 is 5.43 Å². The first-order valence-corrected chi connectivity index (χ1v) is 8.34. The van der Waals surface area contributed by atoms with Crippen LogP contribution in [0.15, 0.2) is 34.1 Å². The number of aromatic nitrogens is 1. The van der Waals surface area contributed by atoms with E-state index in [4.69, 9.17) is 0 Å². The molecule has 1 atom stereocenters. The zero-order valence-corrected chi connectivity index (χ0v) is 11.8. The van der Waals surface area contributed by atoms with Gasteiger partial charge in [0.05, 0.1) is 11.1 Å². The number of rotatable bonds is 2. The van der Waals surface area contributed by atoms with Gasteiger partial charge in [0.25, 0.3) is 0 Å². The second-order valence-electron chi connectivity index (χ2n) is 3.93. The molecule has 0 aliphatic carbocycles. The van der Waals surface area contributed by atoms with Gasteiger partial charge in [-0.3, -0.25) is 4.79 Å². The van der Waals surface area contributed by atoms with Gasteiger partial charge in [0, 0.05) is 29.6 Å². The highest BCUT2D eigenvalue weighted by molar-refractivity contribution is 8.83. The summed E-state index contributed by atoms with van der Waals surface area (Å²) < 4.78 is 1.81. The van der Waals surface area contributed by atoms with Gasteiger partial charge in [-0.1, -0.05) is 16.7 Å². The summed E-state index contributed by atoms with van der Waals surface area (Å²) >= 11 is 0. The van der Waals surface area contributed by atoms with E-state index in [-0.39, 0.29) is 14.9 Å². The third-order valence-corrected chi connectivity index (χ3v) is 4.65. The van der Waals surface area contributed by atoms with Crippen molar-refractivity contribution in [3.05, 3.63) is 40.2 Å². The van der Waals surface area contributed by atoms with Gasteiger partial charge in [0.2, 0.25) is 0 Å². The summed E-state index contributed by atoms with van der Waals surface area (Å²) in [5, 5.41) is 9.81. The summed E-state index contributed by atoms with van der Waals surface area (Å²) in [6.07, 6.45) is 3.69. The van der Waals surface area contributed by atoms with Gasteiger partial charge in [-0.2, -0.15) is 5.26 Å². The number of benzene rings is 1. The van der Waals surface area contributed by atoms with E-state index >= 15 is 0 Å². The fourth-order valence-electron chi connectivity index (χ4n) is 1.82. The Kier molecular flexibility index (Phi) is 3.60. The average molecular weight is 276 g/mol. The minimum atomic E-state index is -0.0833. The van der Waals surface area contributed by atoms with Crippen LogP contribution in [0, 0.1) is 11.3 Å². The standard InChI is InChI=1S/C13H12N2OS2/c1-15-5-4-12(16)11-7-10(17-18(2)3)6-9(8-14)13(11)15/h4-7H,2H2,1,3H3. The maximum Gasteiger partial charge on any atom is 0.189 e. The van der Waals surface area contributed by atoms with Crippen molar-refractivity contribution >= 4 is 37.1 Å². The molecule has 1 unspecified atom stereocenters. The lowest BCUT2D eigenvalue weighted by molar-refractivity contribution is 0.947. The largest absolute Gasteiger partial charge is 0.349 e. The fraction of sp³-hybridized carbons (Fsp3) is 0.154. The Balaban J connectivity index is 2.85. The lowest BCUT2D eigenvalue weighted by Gasteiger charge is -2.09. The number of aryl methyl sites for hydroxylation is 1. The number of fused-ring (bicyclic) bond motifs is 1. The van der Waals surface area contributed by atoms with Crippen LogP contribution in [0.3, 0.4) is 0 Å². The van der Waals surface area contributed by atoms with E-state index in [1.807, 2.05) is 25.4 Å². The van der Waals surface area contributed by atoms with Crippen LogP contribution in [0.25, 0.3) is 10.9 Å². The maximum absolute atomic E-state index is 11.9. The van der Waals surface area contributed by atoms with Crippen molar-refractivity contribution in [2.75, 3.05) is 6.26 Å². The normalized spacial score (nSPS) is 12.3. The second kappa shape index (κ2) is 5.01. The molecule has 5 heteroatoms. The van der Waals surface area contributed by atoms with Crippen LogP contribution in [0.1, 0.15) is 5.56 Å². The highest BCUT2D eigenvalue weighted by Crippen LogP contribution is 2.35. The quantitative estimate of drug-likeness (QED) is 0.626. The Morgan fingerprint density at radius 1 is 1.50 bits per heavy atom. The molecule has 1 aromatic heterocycles. The van der Waals surface area contributed by atoms with Crippen molar-refractivity contribution in [2.45, 2.75) is 4.90 Å². The van der Waals surface area contributed by atoms with Crippen molar-refractivity contribution in [1.29, 1.82) is 5.26 Å². The molecule has 0 aliphatic rings. The van der Waals surface area contributed by atoms with Crippen LogP contribution in [0.4, 0.5) is 0 Å². The molecular formula is C13H12N2OS2. The Morgan fingerprint density at radius 2 is 2.22 bits per heavy atom. The Morgan fingerprint density at radius 3 is 2.83 bits per heavy atom. The fourth-order valence-corrected chi connectivity index (χ4v) is 3.75. The average Bonchev–Trinajstić information content (AvgIpc) is 2.32. The van der Waals surface area contributed by atoms with Gasteiger partial charge in [-0.15, -0.1) is 9.52 Å². The third kappa shape index (κ3) is 2.35. The monoisotopic (exact) mass is 276 g/mol. The van der Waals surface area contributed by atoms with Gasteiger partial charge in [0.1, 0.15) is 6.07 Å². The van der Waals surface area contributed by atoms with E-state index < -0.39 is 0 Å². The first kappa shape index (κ1) is 12.9. The molecule has 92 valence electrons. The van der Waals surface area contributed by atoms with E-state index in [1.54, 1.807) is 21.6 Å². The van der Waals surface area contributed by atoms with Crippen molar-refractivity contribution in [1.82, 2.24) is 4.57 Å². The molecule has 0 N–H and O–H groups in total. The molecule has 0 bridgehead atoms. The molecular weight excluding hydrogens is 264 g/mol. The summed E-state index contributed by atoms with van der Waals surface area (Å²) in [4.78, 5) is 12.8. The Bertz CT molecular complexity index is 741. The SMILES string of the molecule is C=S(C)Sc1cc(C#N)c2c(c1)c(=O)ccn2C. The lowest BCUT2D eigenvalue weighted by Crippen LogP contribution is -2.06. The van der Waals surface area contributed by atoms with Crippen LogP contribution in [-0.2, 0) is 7.05 Å². The lowest BCUT2D eigenvalue weighted by atomic mass is 10.1. The molecule has 1 aromatic carbocycles. The molecule has 3 nitrogen and oxygen atoms in total. The molecule has 0 spiro atoms. The molecule has 2 rings (SSSR count). The third-order valence-electron chi connectivity index (χ3n) is 2.51. The van der Waals surface area contributed by atoms with E-state index in [1.165, 1.54) is 6.07 Å². The molecule has 0 radical (unpaired) electrons. The predicted molar refractivity (Wildman–Crippen MR) is 80.4 cm³/mol. The van der Waals surface area contributed by atoms with Crippen LogP contribution >= 0.6 is 20.3 Å². The molecule has 0 saturated carbocycles. The zero-order valence-electron chi connectivity index (χ0n) is 10.1. The van der Waals surface area contributed by atoms with Gasteiger partial charge in [0.15, 0.2) is 5.43 Å². The van der Waals surface area contributed by atoms with Crippen molar-refractivity contribution < 1.29 is 0 Å². The first-order valence-electron chi connectivity index (χ1n) is 5.20. The van der Waals surface area contributed by atoms with E-state index in [0.29, 0.717) is 16.5 Å². The van der Waals surface area contributed by atoms with Gasteiger partial charge in [-0.05, 0) is 18.4 Å². The summed E-state index contributed by atoms with van der Waals surface area (Å²) in [6, 6.07) is 7.35. The molecule has 0 fully saturated rings. The first-order chi connectivity index (χ1) is 8.52. The smallest absolute Gasteiger partial charge is 0.189 e. The summed E-state index contributed by atoms with van der Waals surface area (Å²) in [5.41, 5.74) is 1.16. The maximum atomic E-state index is 11.9. The molecule has 18 heavy (non-hydrogen) atoms. The van der Waals surface area contributed by atoms with Gasteiger partial charge < -0.3 is 4.57 Å². The van der Waals surface area contributed by atoms with Crippen LogP contribution in [-0.4, -0.2) is 16.7 Å². The molecule has 0 saturated heterocycles. The predicted octanol–water partition coefficient (Wildman–Crippen LogP) is 2.75. The van der Waals surface area contributed by atoms with Gasteiger partial charge >= 0.3 is 0 Å². The van der Waals surface area contributed by atoms with Gasteiger partial charge in [-0.25, -0.2) is 0 Å². The molecule has 0 amide bonds. The summed E-state index contributed by atoms with van der Waals surface area (Å²) in [5.74, 6) is 3.93. The summed E-state index contributed by atoms with van der Waals surface area (Å²) in [6.45, 7) is 0. The van der Waals surface area contributed by atoms with Crippen molar-refractivity contribution in [3.8, 4) is 6.07 Å². The van der Waals surface area contributed by atoms with Crippen molar-refractivity contribution in [3.63, 3.8) is 0 Å². The molecule has 0 aliphatic heterocycles. The van der Waals surface area contributed by atoms with Crippen LogP contribution in [0.2, 0.25) is 0 Å². The number of nitriles is 1. The second-order valence-corrected chi connectivity index (χ2v) is 7.92. The van der Waals surface area contributed by atoms with Crippen molar-refractivity contribution in [2.24, 2.45) is 7.05 Å². The van der Waals surface area contributed by atoms with Crippen LogP contribution in [0.5, 0.6) is 0 Å². The highest BCUT2D eigenvalue weighted by Gasteiger charge is 2.09. The molecule has 1 heterocycles. The topological polar surface area (TPSA) is 45.8 Å². The highest BCUT2D eigenvalue weighted by atomic mass is 33.1. The Hall–Kier alpha value is -1.51. The number of pyridine rings is 1. The minimum Gasteiger partial charge on any atom is -0.349 e. The minimum absolute atomic E-state index is 0.0536. The zero-order chi connectivity index (χ0) is 13.3. The Labute approximate surface area is 111 Å². The number of hydrogen-bond donors (Lipinski definition) is 0. The van der Waals surface area contributed by atoms with E-state index in [2.05, 4.69) is 11.9 Å². The summed E-state index contributed by atoms with van der Waals surface area (Å²) in [7, 11) is 3.33. The van der Waals surface area contributed by atoms with E-state index in [9.17, 15) is 10.1 Å². The number of hydrogen-bond acceptors (Lipinski definition) is 3.